The highest BCUT2D eigenvalue weighted by Gasteiger charge is 2.27. The number of hydrogen-bond donors (Lipinski definition) is 2. The molecule has 0 aliphatic carbocycles. The number of benzene rings is 1. The van der Waals surface area contributed by atoms with Crippen LogP contribution in [0, 0.1) is 5.82 Å². The summed E-state index contributed by atoms with van der Waals surface area (Å²) in [4.78, 5) is 0. The molecule has 0 fully saturated rings. The van der Waals surface area contributed by atoms with Crippen LogP contribution in [0.4, 0.5) is 15.8 Å². The molecule has 2 N–H and O–H groups in total. The largest absolute Gasteiger partial charge is 0.381 e. The second-order valence-corrected chi connectivity index (χ2v) is 5.06. The fourth-order valence-corrected chi connectivity index (χ4v) is 2.01. The summed E-state index contributed by atoms with van der Waals surface area (Å²) in [6, 6.07) is 3.30. The van der Waals surface area contributed by atoms with Gasteiger partial charge in [-0.1, -0.05) is 6.92 Å². The van der Waals surface area contributed by atoms with Crippen molar-refractivity contribution in [3.8, 4) is 0 Å². The molecule has 82 valence electrons. The maximum atomic E-state index is 13.3. The first-order valence-electron chi connectivity index (χ1n) is 5.05. The van der Waals surface area contributed by atoms with E-state index in [2.05, 4.69) is 40.4 Å². The Kier molecular flexibility index (Phi) is 2.63. The molecule has 15 heavy (non-hydrogen) atoms. The van der Waals surface area contributed by atoms with E-state index in [4.69, 9.17) is 0 Å². The number of fused-ring (bicyclic) bond motifs is 1. The highest BCUT2D eigenvalue weighted by Crippen LogP contribution is 2.35. The van der Waals surface area contributed by atoms with E-state index in [0.717, 1.165) is 24.3 Å². The first-order chi connectivity index (χ1) is 7.04. The van der Waals surface area contributed by atoms with Gasteiger partial charge in [0.25, 0.3) is 0 Å². The van der Waals surface area contributed by atoms with Crippen molar-refractivity contribution in [1.82, 2.24) is 0 Å². The van der Waals surface area contributed by atoms with Gasteiger partial charge in [-0.3, -0.25) is 0 Å². The van der Waals surface area contributed by atoms with Crippen LogP contribution in [0.15, 0.2) is 16.6 Å². The number of hydrogen-bond acceptors (Lipinski definition) is 2. The summed E-state index contributed by atoms with van der Waals surface area (Å²) in [6.07, 6.45) is 1.02. The molecule has 1 aromatic carbocycles. The van der Waals surface area contributed by atoms with Gasteiger partial charge < -0.3 is 10.6 Å². The Bertz CT molecular complexity index is 394. The molecule has 1 aromatic rings. The highest BCUT2D eigenvalue weighted by atomic mass is 79.9. The molecule has 0 bridgehead atoms. The zero-order valence-corrected chi connectivity index (χ0v) is 10.4. The van der Waals surface area contributed by atoms with E-state index >= 15 is 0 Å². The molecular weight excluding hydrogens is 259 g/mol. The van der Waals surface area contributed by atoms with E-state index in [9.17, 15) is 4.39 Å². The lowest BCUT2D eigenvalue weighted by atomic mass is 9.95. The minimum absolute atomic E-state index is 0.0459. The molecule has 4 heteroatoms. The van der Waals surface area contributed by atoms with Crippen LogP contribution in [0.25, 0.3) is 0 Å². The van der Waals surface area contributed by atoms with Crippen molar-refractivity contribution < 1.29 is 4.39 Å². The van der Waals surface area contributed by atoms with E-state index in [1.54, 1.807) is 6.07 Å². The van der Waals surface area contributed by atoms with E-state index < -0.39 is 0 Å². The van der Waals surface area contributed by atoms with E-state index in [1.165, 1.54) is 6.07 Å². The average molecular weight is 273 g/mol. The van der Waals surface area contributed by atoms with Gasteiger partial charge >= 0.3 is 0 Å². The summed E-state index contributed by atoms with van der Waals surface area (Å²) in [7, 11) is 0. The molecular formula is C11H14BrFN2. The molecule has 1 unspecified atom stereocenters. The molecule has 1 aliphatic heterocycles. The van der Waals surface area contributed by atoms with Crippen molar-refractivity contribution in [2.45, 2.75) is 25.8 Å². The molecule has 0 radical (unpaired) electrons. The summed E-state index contributed by atoms with van der Waals surface area (Å²) < 4.78 is 13.8. The fourth-order valence-electron chi connectivity index (χ4n) is 1.67. The zero-order valence-electron chi connectivity index (χ0n) is 8.82. The minimum atomic E-state index is -0.233. The first-order valence-corrected chi connectivity index (χ1v) is 5.84. The van der Waals surface area contributed by atoms with Gasteiger partial charge in [0.05, 0.1) is 21.4 Å². The van der Waals surface area contributed by atoms with E-state index in [-0.39, 0.29) is 11.4 Å². The summed E-state index contributed by atoms with van der Waals surface area (Å²) in [5, 5.41) is 6.68. The molecule has 2 rings (SSSR count). The Hall–Kier alpha value is -0.770. The molecule has 1 atom stereocenters. The van der Waals surface area contributed by atoms with Crippen LogP contribution in [-0.2, 0) is 0 Å². The summed E-state index contributed by atoms with van der Waals surface area (Å²) in [5.74, 6) is -0.233. The lowest BCUT2D eigenvalue weighted by Gasteiger charge is -2.37. The normalized spacial score (nSPS) is 24.0. The topological polar surface area (TPSA) is 24.1 Å². The van der Waals surface area contributed by atoms with Gasteiger partial charge in [0.2, 0.25) is 0 Å². The van der Waals surface area contributed by atoms with Gasteiger partial charge in [-0.25, -0.2) is 4.39 Å². The summed E-state index contributed by atoms with van der Waals surface area (Å²) in [6.45, 7) is 5.11. The lowest BCUT2D eigenvalue weighted by molar-refractivity contribution is 0.512. The van der Waals surface area contributed by atoms with Crippen LogP contribution in [0.3, 0.4) is 0 Å². The second kappa shape index (κ2) is 3.67. The van der Waals surface area contributed by atoms with Crippen molar-refractivity contribution >= 4 is 27.3 Å². The first kappa shape index (κ1) is 10.7. The lowest BCUT2D eigenvalue weighted by Crippen LogP contribution is -2.44. The minimum Gasteiger partial charge on any atom is -0.381 e. The molecule has 1 heterocycles. The zero-order chi connectivity index (χ0) is 11.1. The van der Waals surface area contributed by atoms with E-state index in [0.29, 0.717) is 4.47 Å². The van der Waals surface area contributed by atoms with Crippen LogP contribution in [0.5, 0.6) is 0 Å². The Balaban J connectivity index is 2.38. The maximum Gasteiger partial charge on any atom is 0.139 e. The summed E-state index contributed by atoms with van der Waals surface area (Å²) in [5.41, 5.74) is 1.84. The third-order valence-electron chi connectivity index (χ3n) is 2.95. The molecule has 0 saturated carbocycles. The smallest absolute Gasteiger partial charge is 0.139 e. The second-order valence-electron chi connectivity index (χ2n) is 4.20. The molecule has 0 spiro atoms. The predicted octanol–water partition coefficient (Wildman–Crippen LogP) is 3.59. The number of rotatable bonds is 1. The van der Waals surface area contributed by atoms with Crippen molar-refractivity contribution in [2.24, 2.45) is 0 Å². The number of halogens is 2. The van der Waals surface area contributed by atoms with Gasteiger partial charge in [0.1, 0.15) is 5.82 Å². The predicted molar refractivity (Wildman–Crippen MR) is 64.9 cm³/mol. The van der Waals surface area contributed by atoms with Crippen LogP contribution in [0.2, 0.25) is 0 Å². The van der Waals surface area contributed by atoms with Crippen molar-refractivity contribution in [3.63, 3.8) is 0 Å². The Labute approximate surface area is 97.4 Å². The van der Waals surface area contributed by atoms with Crippen LogP contribution in [0.1, 0.15) is 20.3 Å². The Morgan fingerprint density at radius 3 is 2.87 bits per heavy atom. The molecule has 0 saturated heterocycles. The van der Waals surface area contributed by atoms with Gasteiger partial charge in [0.15, 0.2) is 0 Å². The van der Waals surface area contributed by atoms with Crippen molar-refractivity contribution in [3.05, 3.63) is 22.4 Å². The third kappa shape index (κ3) is 1.95. The monoisotopic (exact) mass is 272 g/mol. The van der Waals surface area contributed by atoms with Gasteiger partial charge in [-0.15, -0.1) is 0 Å². The van der Waals surface area contributed by atoms with Gasteiger partial charge in [-0.05, 0) is 35.3 Å². The van der Waals surface area contributed by atoms with E-state index in [1.807, 2.05) is 0 Å². The number of nitrogens with one attached hydrogen (secondary N) is 2. The summed E-state index contributed by atoms with van der Waals surface area (Å²) >= 11 is 3.19. The Morgan fingerprint density at radius 2 is 2.20 bits per heavy atom. The van der Waals surface area contributed by atoms with Gasteiger partial charge in [-0.2, -0.15) is 0 Å². The molecule has 2 nitrogen and oxygen atoms in total. The molecule has 1 aliphatic rings. The standard InChI is InChI=1S/C11H14BrFN2/c1-3-11(2)6-14-9-5-8(13)7(12)4-10(9)15-11/h4-5,14-15H,3,6H2,1-2H3. The quantitative estimate of drug-likeness (QED) is 0.817. The molecule has 0 amide bonds. The van der Waals surface area contributed by atoms with Crippen molar-refractivity contribution in [1.29, 1.82) is 0 Å². The third-order valence-corrected chi connectivity index (χ3v) is 3.55. The highest BCUT2D eigenvalue weighted by molar-refractivity contribution is 9.10. The van der Waals surface area contributed by atoms with Gasteiger partial charge in [0, 0.05) is 12.6 Å². The Morgan fingerprint density at radius 1 is 1.47 bits per heavy atom. The van der Waals surface area contributed by atoms with Crippen LogP contribution in [-0.4, -0.2) is 12.1 Å². The molecule has 0 aromatic heterocycles. The number of anilines is 2. The average Bonchev–Trinajstić information content (AvgIpc) is 2.21. The SMILES string of the molecule is CCC1(C)CNc2cc(F)c(Br)cc2N1. The maximum absolute atomic E-state index is 13.3. The fraction of sp³-hybridized carbons (Fsp3) is 0.455. The van der Waals surface area contributed by atoms with Crippen molar-refractivity contribution in [2.75, 3.05) is 17.2 Å². The van der Waals surface area contributed by atoms with Crippen LogP contribution >= 0.6 is 15.9 Å². The van der Waals surface area contributed by atoms with Crippen LogP contribution < -0.4 is 10.6 Å².